The fourth-order valence-corrected chi connectivity index (χ4v) is 4.20. The molecule has 29 heavy (non-hydrogen) atoms. The van der Waals surface area contributed by atoms with Crippen LogP contribution < -0.4 is 5.32 Å². The highest BCUT2D eigenvalue weighted by Crippen LogP contribution is 2.31. The largest absolute Gasteiger partial charge is 0.508 e. The van der Waals surface area contributed by atoms with Gasteiger partial charge in [0.2, 0.25) is 0 Å². The molecule has 1 heterocycles. The van der Waals surface area contributed by atoms with E-state index in [1.165, 1.54) is 24.0 Å². The van der Waals surface area contributed by atoms with Crippen LogP contribution >= 0.6 is 24.0 Å². The third kappa shape index (κ3) is 6.72. The number of aliphatic imine (C=N–C) groups is 1. The number of nitrogens with one attached hydrogen (secondary N) is 1. The number of rotatable bonds is 8. The van der Waals surface area contributed by atoms with E-state index in [9.17, 15) is 5.11 Å². The molecule has 3 rings (SSSR count). The summed E-state index contributed by atoms with van der Waals surface area (Å²) in [4.78, 5) is 7.21. The minimum Gasteiger partial charge on any atom is -0.508 e. The van der Waals surface area contributed by atoms with Crippen molar-refractivity contribution < 1.29 is 14.6 Å². The number of ether oxygens (including phenoxy) is 2. The molecule has 1 aromatic carbocycles. The van der Waals surface area contributed by atoms with E-state index in [-0.39, 0.29) is 24.0 Å². The summed E-state index contributed by atoms with van der Waals surface area (Å²) in [5.74, 6) is 1.85. The first-order chi connectivity index (χ1) is 13.7. The van der Waals surface area contributed by atoms with Gasteiger partial charge in [-0.05, 0) is 56.2 Å². The van der Waals surface area contributed by atoms with Crippen molar-refractivity contribution in [2.75, 3.05) is 46.6 Å². The number of phenolic OH excluding ortho intramolecular Hbond substituents is 1. The Morgan fingerprint density at radius 1 is 1.28 bits per heavy atom. The zero-order valence-corrected chi connectivity index (χ0v) is 20.1. The van der Waals surface area contributed by atoms with E-state index in [0.717, 1.165) is 57.0 Å². The Balaban J connectivity index is 0.00000300. The van der Waals surface area contributed by atoms with Crippen LogP contribution in [-0.4, -0.2) is 62.5 Å². The molecule has 1 atom stereocenters. The van der Waals surface area contributed by atoms with Crippen molar-refractivity contribution in [1.82, 2.24) is 10.2 Å². The van der Waals surface area contributed by atoms with Gasteiger partial charge >= 0.3 is 0 Å². The first-order valence-electron chi connectivity index (χ1n) is 10.7. The number of nitrogens with zero attached hydrogens (tertiary/aromatic N) is 2. The molecular formula is C22H36IN3O3. The molecular weight excluding hydrogens is 481 g/mol. The van der Waals surface area contributed by atoms with E-state index in [2.05, 4.69) is 23.2 Å². The van der Waals surface area contributed by atoms with Crippen LogP contribution in [-0.2, 0) is 28.9 Å². The van der Waals surface area contributed by atoms with Crippen molar-refractivity contribution in [3.63, 3.8) is 0 Å². The average Bonchev–Trinajstić information content (AvgIpc) is 3.18. The lowest BCUT2D eigenvalue weighted by molar-refractivity contribution is 0.0536. The Morgan fingerprint density at radius 2 is 2.10 bits per heavy atom. The summed E-state index contributed by atoms with van der Waals surface area (Å²) in [6.45, 7) is 7.47. The van der Waals surface area contributed by atoms with E-state index in [4.69, 9.17) is 14.5 Å². The maximum atomic E-state index is 10.4. The fraction of sp³-hybridized carbons (Fsp3) is 0.682. The van der Waals surface area contributed by atoms with Crippen LogP contribution in [0.5, 0.6) is 5.75 Å². The lowest BCUT2D eigenvalue weighted by Crippen LogP contribution is -2.40. The van der Waals surface area contributed by atoms with Crippen LogP contribution in [0.25, 0.3) is 0 Å². The van der Waals surface area contributed by atoms with Crippen LogP contribution in [0.1, 0.15) is 42.9 Å². The number of fused-ring (bicyclic) bond motifs is 1. The van der Waals surface area contributed by atoms with E-state index < -0.39 is 0 Å². The van der Waals surface area contributed by atoms with Crippen LogP contribution in [0.3, 0.4) is 0 Å². The number of hydrogen-bond donors (Lipinski definition) is 2. The fourth-order valence-electron chi connectivity index (χ4n) is 4.20. The SMILES string of the molecule is CCNC(=NCc1c(O)ccc2c1CCCC2)N1CCC(COCCOC)C1.I. The number of likely N-dealkylation sites (tertiary alicyclic amines) is 1. The van der Waals surface area contributed by atoms with Gasteiger partial charge < -0.3 is 24.8 Å². The number of benzene rings is 1. The number of phenols is 1. The quantitative estimate of drug-likeness (QED) is 0.240. The number of aromatic hydroxyl groups is 1. The van der Waals surface area contributed by atoms with Gasteiger partial charge in [-0.2, -0.15) is 0 Å². The number of hydrogen-bond acceptors (Lipinski definition) is 4. The van der Waals surface area contributed by atoms with Crippen molar-refractivity contribution in [1.29, 1.82) is 0 Å². The van der Waals surface area contributed by atoms with Crippen molar-refractivity contribution in [2.24, 2.45) is 10.9 Å². The lowest BCUT2D eigenvalue weighted by atomic mass is 9.88. The van der Waals surface area contributed by atoms with Crippen LogP contribution in [0.4, 0.5) is 0 Å². The lowest BCUT2D eigenvalue weighted by Gasteiger charge is -2.23. The second kappa shape index (κ2) is 12.6. The maximum absolute atomic E-state index is 10.4. The molecule has 6 nitrogen and oxygen atoms in total. The number of guanidine groups is 1. The zero-order valence-electron chi connectivity index (χ0n) is 17.8. The van der Waals surface area contributed by atoms with Gasteiger partial charge in [-0.15, -0.1) is 24.0 Å². The van der Waals surface area contributed by atoms with Gasteiger partial charge in [0.25, 0.3) is 0 Å². The minimum absolute atomic E-state index is 0. The van der Waals surface area contributed by atoms with Gasteiger partial charge in [-0.1, -0.05) is 6.07 Å². The Morgan fingerprint density at radius 3 is 2.90 bits per heavy atom. The second-order valence-electron chi connectivity index (χ2n) is 7.75. The van der Waals surface area contributed by atoms with Crippen LogP contribution in [0.15, 0.2) is 17.1 Å². The van der Waals surface area contributed by atoms with Gasteiger partial charge in [0.1, 0.15) is 5.75 Å². The van der Waals surface area contributed by atoms with Gasteiger partial charge in [0.05, 0.1) is 26.4 Å². The predicted molar refractivity (Wildman–Crippen MR) is 127 cm³/mol. The average molecular weight is 517 g/mol. The smallest absolute Gasteiger partial charge is 0.194 e. The Hall–Kier alpha value is -1.06. The summed E-state index contributed by atoms with van der Waals surface area (Å²) >= 11 is 0. The van der Waals surface area contributed by atoms with E-state index in [1.807, 2.05) is 6.07 Å². The number of aryl methyl sites for hydroxylation is 1. The molecule has 7 heteroatoms. The van der Waals surface area contributed by atoms with E-state index in [0.29, 0.717) is 31.4 Å². The Bertz CT molecular complexity index is 669. The van der Waals surface area contributed by atoms with Crippen LogP contribution in [0, 0.1) is 5.92 Å². The molecule has 0 amide bonds. The molecule has 0 bridgehead atoms. The summed E-state index contributed by atoms with van der Waals surface area (Å²) in [7, 11) is 1.70. The summed E-state index contributed by atoms with van der Waals surface area (Å²) in [5.41, 5.74) is 3.71. The third-order valence-corrected chi connectivity index (χ3v) is 5.72. The first kappa shape index (κ1) is 24.2. The molecule has 164 valence electrons. The highest BCUT2D eigenvalue weighted by Gasteiger charge is 2.25. The summed E-state index contributed by atoms with van der Waals surface area (Å²) in [5, 5.41) is 13.9. The standard InChI is InChI=1S/C22H35N3O3.HI/c1-3-23-22(25-11-10-17(15-25)16-28-13-12-27-2)24-14-20-19-7-5-4-6-18(19)8-9-21(20)26;/h8-9,17,26H,3-7,10-16H2,1-2H3,(H,23,24);1H. The minimum atomic E-state index is 0. The molecule has 1 saturated heterocycles. The maximum Gasteiger partial charge on any atom is 0.194 e. The van der Waals surface area contributed by atoms with Gasteiger partial charge in [0, 0.05) is 38.2 Å². The Labute approximate surface area is 192 Å². The molecule has 0 radical (unpaired) electrons. The molecule has 2 N–H and O–H groups in total. The van der Waals surface area contributed by atoms with E-state index >= 15 is 0 Å². The molecule has 0 saturated carbocycles. The zero-order chi connectivity index (χ0) is 19.8. The molecule has 1 aliphatic heterocycles. The highest BCUT2D eigenvalue weighted by atomic mass is 127. The topological polar surface area (TPSA) is 66.3 Å². The van der Waals surface area contributed by atoms with Crippen LogP contribution in [0.2, 0.25) is 0 Å². The highest BCUT2D eigenvalue weighted by molar-refractivity contribution is 14.0. The Kier molecular flexibility index (Phi) is 10.5. The van der Waals surface area contributed by atoms with Crippen molar-refractivity contribution in [3.05, 3.63) is 28.8 Å². The third-order valence-electron chi connectivity index (χ3n) is 5.72. The molecule has 0 aromatic heterocycles. The van der Waals surface area contributed by atoms with Crippen molar-refractivity contribution in [2.45, 2.75) is 45.6 Å². The van der Waals surface area contributed by atoms with Crippen molar-refractivity contribution in [3.8, 4) is 5.75 Å². The second-order valence-corrected chi connectivity index (χ2v) is 7.75. The van der Waals surface area contributed by atoms with Crippen molar-refractivity contribution >= 4 is 29.9 Å². The van der Waals surface area contributed by atoms with Gasteiger partial charge in [-0.3, -0.25) is 0 Å². The predicted octanol–water partition coefficient (Wildman–Crippen LogP) is 3.34. The molecule has 1 aromatic rings. The molecule has 1 aliphatic carbocycles. The van der Waals surface area contributed by atoms with E-state index in [1.54, 1.807) is 7.11 Å². The summed E-state index contributed by atoms with van der Waals surface area (Å²) < 4.78 is 10.7. The molecule has 0 spiro atoms. The molecule has 1 unspecified atom stereocenters. The van der Waals surface area contributed by atoms with Gasteiger partial charge in [-0.25, -0.2) is 4.99 Å². The first-order valence-corrected chi connectivity index (χ1v) is 10.7. The monoisotopic (exact) mass is 517 g/mol. The molecule has 2 aliphatic rings. The molecule has 1 fully saturated rings. The summed E-state index contributed by atoms with van der Waals surface area (Å²) in [6.07, 6.45) is 5.72. The number of halogens is 1. The normalized spacial score (nSPS) is 19.0. The van der Waals surface area contributed by atoms with Gasteiger partial charge in [0.15, 0.2) is 5.96 Å². The number of methoxy groups -OCH3 is 1. The summed E-state index contributed by atoms with van der Waals surface area (Å²) in [6, 6.07) is 3.92.